The van der Waals surface area contributed by atoms with Crippen LogP contribution >= 0.6 is 23.5 Å². The van der Waals surface area contributed by atoms with Gasteiger partial charge in [0.15, 0.2) is 0 Å². The van der Waals surface area contributed by atoms with Gasteiger partial charge in [0.25, 0.3) is 0 Å². The smallest absolute Gasteiger partial charge is 0.111 e. The molecule has 0 radical (unpaired) electrons. The molecule has 0 unspecified atom stereocenters. The Kier molecular flexibility index (Phi) is 3.31. The number of thioether (sulfide) groups is 2. The van der Waals surface area contributed by atoms with E-state index >= 15 is 0 Å². The van der Waals surface area contributed by atoms with Crippen LogP contribution in [-0.2, 0) is 4.74 Å². The van der Waals surface area contributed by atoms with Gasteiger partial charge in [-0.3, -0.25) is 0 Å². The molecule has 1 heterocycles. The third kappa shape index (κ3) is 2.16. The van der Waals surface area contributed by atoms with Crippen LogP contribution in [0.3, 0.4) is 0 Å². The summed E-state index contributed by atoms with van der Waals surface area (Å²) in [6.07, 6.45) is 0. The number of rotatable bonds is 0. The molecule has 1 rings (SSSR count). The second kappa shape index (κ2) is 4.30. The monoisotopic (exact) mass is 184 g/mol. The molecule has 0 aliphatic carbocycles. The first-order chi connectivity index (χ1) is 5.38. The molecular weight excluding hydrogens is 180 g/mol. The van der Waals surface area contributed by atoms with E-state index in [2.05, 4.69) is 0 Å². The fraction of sp³-hybridized carbons (Fsp3) is 0.333. The van der Waals surface area contributed by atoms with E-state index in [-0.39, 0.29) is 0 Å². The number of hydrogen-bond acceptors (Lipinski definition) is 5. The van der Waals surface area contributed by atoms with Crippen LogP contribution in [0.4, 0.5) is 0 Å². The molecule has 0 aromatic carbocycles. The topological polar surface area (TPSA) is 56.8 Å². The van der Waals surface area contributed by atoms with Gasteiger partial charge in [-0.15, -0.1) is 0 Å². The van der Waals surface area contributed by atoms with Gasteiger partial charge in [0.1, 0.15) is 21.9 Å². The Morgan fingerprint density at radius 1 is 1.09 bits per heavy atom. The highest BCUT2D eigenvalue weighted by molar-refractivity contribution is 8.07. The lowest BCUT2D eigenvalue weighted by Gasteiger charge is -1.91. The number of hydrogen-bond donors (Lipinski definition) is 0. The van der Waals surface area contributed by atoms with E-state index < -0.39 is 0 Å². The van der Waals surface area contributed by atoms with Crippen LogP contribution in [0.15, 0.2) is 9.81 Å². The Morgan fingerprint density at radius 3 is 1.91 bits per heavy atom. The van der Waals surface area contributed by atoms with Crippen LogP contribution in [0.5, 0.6) is 0 Å². The molecule has 0 saturated heterocycles. The average Bonchev–Trinajstić information content (AvgIpc) is 2.27. The molecule has 56 valence electrons. The molecule has 3 nitrogen and oxygen atoms in total. The highest BCUT2D eigenvalue weighted by Crippen LogP contribution is 2.30. The van der Waals surface area contributed by atoms with E-state index in [0.29, 0.717) is 21.7 Å². The second-order valence-corrected chi connectivity index (χ2v) is 3.48. The van der Waals surface area contributed by atoms with Crippen molar-refractivity contribution in [2.45, 2.75) is 0 Å². The maximum atomic E-state index is 8.57. The molecule has 0 bridgehead atoms. The summed E-state index contributed by atoms with van der Waals surface area (Å²) >= 11 is 2.54. The van der Waals surface area contributed by atoms with E-state index in [1.54, 1.807) is 0 Å². The van der Waals surface area contributed by atoms with Gasteiger partial charge >= 0.3 is 0 Å². The van der Waals surface area contributed by atoms with Gasteiger partial charge in [0.2, 0.25) is 0 Å². The van der Waals surface area contributed by atoms with Gasteiger partial charge in [-0.25, -0.2) is 0 Å². The third-order valence-electron chi connectivity index (χ3n) is 0.983. The molecule has 0 N–H and O–H groups in total. The van der Waals surface area contributed by atoms with E-state index in [1.807, 2.05) is 12.1 Å². The molecule has 0 aromatic rings. The summed E-state index contributed by atoms with van der Waals surface area (Å²) < 4.78 is 5.04. The highest BCUT2D eigenvalue weighted by atomic mass is 32.2. The predicted molar refractivity (Wildman–Crippen MR) is 44.3 cm³/mol. The maximum Gasteiger partial charge on any atom is 0.111 e. The van der Waals surface area contributed by atoms with Crippen LogP contribution in [-0.4, -0.2) is 11.9 Å². The summed E-state index contributed by atoms with van der Waals surface area (Å²) in [7, 11) is 0. The van der Waals surface area contributed by atoms with Crippen molar-refractivity contribution in [1.82, 2.24) is 0 Å². The Balaban J connectivity index is 2.85. The van der Waals surface area contributed by atoms with Crippen molar-refractivity contribution in [3.63, 3.8) is 0 Å². The van der Waals surface area contributed by atoms with Crippen molar-refractivity contribution in [3.8, 4) is 12.1 Å². The minimum atomic E-state index is 0.459. The van der Waals surface area contributed by atoms with Crippen molar-refractivity contribution < 1.29 is 4.74 Å². The average molecular weight is 184 g/mol. The third-order valence-corrected chi connectivity index (χ3v) is 2.85. The first kappa shape index (κ1) is 8.48. The van der Waals surface area contributed by atoms with Gasteiger partial charge in [-0.2, -0.15) is 10.5 Å². The molecule has 0 spiro atoms. The quantitative estimate of drug-likeness (QED) is 0.573. The first-order valence-corrected chi connectivity index (χ1v) is 4.73. The van der Waals surface area contributed by atoms with Crippen molar-refractivity contribution in [2.75, 3.05) is 11.9 Å². The van der Waals surface area contributed by atoms with E-state index in [0.717, 1.165) is 0 Å². The molecule has 0 fully saturated rings. The fourth-order valence-corrected chi connectivity index (χ4v) is 2.04. The molecular formula is C6H4N2OS2. The fourth-order valence-electron chi connectivity index (χ4n) is 0.532. The lowest BCUT2D eigenvalue weighted by molar-refractivity contribution is 0.242. The summed E-state index contributed by atoms with van der Waals surface area (Å²) in [6, 6.07) is 3.93. The van der Waals surface area contributed by atoms with E-state index in [4.69, 9.17) is 15.3 Å². The van der Waals surface area contributed by atoms with E-state index in [9.17, 15) is 0 Å². The molecule has 1 aliphatic rings. The standard InChI is InChI=1S/C6H4N2OS2/c7-1-5-6(2-8)11-4-9-3-10-5/h3-4H2. The van der Waals surface area contributed by atoms with Crippen molar-refractivity contribution in [2.24, 2.45) is 0 Å². The molecule has 5 heteroatoms. The zero-order valence-electron chi connectivity index (χ0n) is 5.53. The summed E-state index contributed by atoms with van der Waals surface area (Å²) in [5.74, 6) is 0.919. The van der Waals surface area contributed by atoms with Gasteiger partial charge < -0.3 is 4.74 Å². The van der Waals surface area contributed by atoms with Gasteiger partial charge in [-0.05, 0) is 0 Å². The van der Waals surface area contributed by atoms with Crippen molar-refractivity contribution in [3.05, 3.63) is 9.81 Å². The number of ether oxygens (including phenoxy) is 1. The van der Waals surface area contributed by atoms with Gasteiger partial charge in [-0.1, -0.05) is 23.5 Å². The lowest BCUT2D eigenvalue weighted by Crippen LogP contribution is -1.83. The maximum absolute atomic E-state index is 8.57. The normalized spacial score (nSPS) is 18.4. The Labute approximate surface area is 73.0 Å². The zero-order valence-corrected chi connectivity index (χ0v) is 7.17. The Bertz CT molecular complexity index is 235. The van der Waals surface area contributed by atoms with E-state index in [1.165, 1.54) is 23.5 Å². The van der Waals surface area contributed by atoms with Gasteiger partial charge in [0.05, 0.1) is 11.9 Å². The molecule has 11 heavy (non-hydrogen) atoms. The van der Waals surface area contributed by atoms with Crippen molar-refractivity contribution in [1.29, 1.82) is 10.5 Å². The van der Waals surface area contributed by atoms with Crippen molar-refractivity contribution >= 4 is 23.5 Å². The number of allylic oxidation sites excluding steroid dienone is 2. The minimum Gasteiger partial charge on any atom is -0.359 e. The zero-order chi connectivity index (χ0) is 8.10. The van der Waals surface area contributed by atoms with Crippen LogP contribution < -0.4 is 0 Å². The summed E-state index contributed by atoms with van der Waals surface area (Å²) in [6.45, 7) is 0. The largest absolute Gasteiger partial charge is 0.359 e. The Hall–Kier alpha value is -0.620. The number of nitriles is 2. The van der Waals surface area contributed by atoms with Crippen LogP contribution in [0.1, 0.15) is 0 Å². The van der Waals surface area contributed by atoms with Crippen LogP contribution in [0.25, 0.3) is 0 Å². The summed E-state index contributed by atoms with van der Waals surface area (Å²) in [4.78, 5) is 0.935. The SMILES string of the molecule is N#CC1=C(C#N)SCOCS1. The summed E-state index contributed by atoms with van der Waals surface area (Å²) in [5, 5.41) is 17.1. The van der Waals surface area contributed by atoms with Crippen LogP contribution in [0, 0.1) is 22.7 Å². The molecule has 0 saturated carbocycles. The van der Waals surface area contributed by atoms with Crippen LogP contribution in [0.2, 0.25) is 0 Å². The molecule has 0 amide bonds. The summed E-state index contributed by atoms with van der Waals surface area (Å²) in [5.41, 5.74) is 0. The Morgan fingerprint density at radius 2 is 1.55 bits per heavy atom. The molecule has 0 aromatic heterocycles. The lowest BCUT2D eigenvalue weighted by atomic mass is 10.5. The minimum absolute atomic E-state index is 0.459. The number of nitrogens with zero attached hydrogens (tertiary/aromatic N) is 2. The second-order valence-electron chi connectivity index (χ2n) is 1.61. The first-order valence-electron chi connectivity index (χ1n) is 2.76. The highest BCUT2D eigenvalue weighted by Gasteiger charge is 2.11. The molecule has 1 aliphatic heterocycles. The molecule has 0 atom stereocenters. The predicted octanol–water partition coefficient (Wildman–Crippen LogP) is 1.66. The van der Waals surface area contributed by atoms with Gasteiger partial charge in [0, 0.05) is 0 Å².